The van der Waals surface area contributed by atoms with Crippen LogP contribution in [0.15, 0.2) is 91.0 Å². The second-order valence-corrected chi connectivity index (χ2v) is 10.6. The first-order valence-electron chi connectivity index (χ1n) is 14.8. The van der Waals surface area contributed by atoms with E-state index >= 15 is 0 Å². The Hall–Kier alpha value is -6.51. The standard InChI is InChI=1S/C14H12N2O2.C12H11NO3.C12H13NO2/c1-9(17)16-13-7-11-6-12(15-2)5-4-10(11)8-14(13)18-3;1-15-12-6-8-2-3-10(16-7-14)4-9(8)5-11(12)13;1-15-12-6-9-3-2-8(7-14)4-10(9)5-11(12)13/h4-8H,1,3H3,(H,16,17);2-7H,13H2,1H3;2-6,14H,7,13H2,1H3. The van der Waals surface area contributed by atoms with Crippen molar-refractivity contribution in [1.82, 2.24) is 0 Å². The van der Waals surface area contributed by atoms with Crippen LogP contribution in [-0.4, -0.2) is 38.8 Å². The van der Waals surface area contributed by atoms with E-state index < -0.39 is 0 Å². The molecule has 0 aliphatic heterocycles. The van der Waals surface area contributed by atoms with E-state index in [0.717, 1.165) is 37.9 Å². The zero-order valence-corrected chi connectivity index (χ0v) is 27.4. The van der Waals surface area contributed by atoms with Crippen LogP contribution < -0.4 is 35.7 Å². The van der Waals surface area contributed by atoms with Gasteiger partial charge in [0, 0.05) is 6.92 Å². The van der Waals surface area contributed by atoms with Crippen molar-refractivity contribution in [2.45, 2.75) is 13.5 Å². The number of nitrogen functional groups attached to an aromatic ring is 2. The van der Waals surface area contributed by atoms with E-state index in [1.807, 2.05) is 60.7 Å². The van der Waals surface area contributed by atoms with E-state index in [1.165, 1.54) is 6.92 Å². The molecule has 6 aromatic rings. The molecule has 11 heteroatoms. The van der Waals surface area contributed by atoms with Gasteiger partial charge in [-0.05, 0) is 98.5 Å². The van der Waals surface area contributed by atoms with Gasteiger partial charge in [0.15, 0.2) is 5.69 Å². The van der Waals surface area contributed by atoms with Gasteiger partial charge in [-0.15, -0.1) is 0 Å². The number of carbonyl (C=O) groups is 2. The van der Waals surface area contributed by atoms with Crippen molar-refractivity contribution in [3.63, 3.8) is 0 Å². The highest BCUT2D eigenvalue weighted by atomic mass is 16.5. The van der Waals surface area contributed by atoms with Gasteiger partial charge >= 0.3 is 0 Å². The lowest BCUT2D eigenvalue weighted by molar-refractivity contribution is -0.120. The molecule has 1 amide bonds. The van der Waals surface area contributed by atoms with Crippen molar-refractivity contribution < 1.29 is 33.6 Å². The number of fused-ring (bicyclic) bond motifs is 3. The number of aliphatic hydroxyl groups excluding tert-OH is 1. The summed E-state index contributed by atoms with van der Waals surface area (Å²) in [6, 6.07) is 27.5. The van der Waals surface area contributed by atoms with Crippen LogP contribution in [0.3, 0.4) is 0 Å². The number of aliphatic hydroxyl groups is 1. The van der Waals surface area contributed by atoms with Crippen molar-refractivity contribution in [2.24, 2.45) is 0 Å². The van der Waals surface area contributed by atoms with Crippen molar-refractivity contribution in [1.29, 1.82) is 0 Å². The lowest BCUT2D eigenvalue weighted by atomic mass is 10.1. The molecule has 0 fully saturated rings. The normalized spacial score (nSPS) is 10.1. The Balaban J connectivity index is 0.000000166. The predicted molar refractivity (Wildman–Crippen MR) is 194 cm³/mol. The quantitative estimate of drug-likeness (QED) is 0.0786. The molecule has 0 radical (unpaired) electrons. The summed E-state index contributed by atoms with van der Waals surface area (Å²) in [5, 5.41) is 17.5. The minimum atomic E-state index is -0.158. The summed E-state index contributed by atoms with van der Waals surface area (Å²) in [5.41, 5.74) is 14.8. The molecule has 250 valence electrons. The van der Waals surface area contributed by atoms with Gasteiger partial charge in [0.25, 0.3) is 6.47 Å². The number of nitrogens with zero attached hydrogens (tertiary/aromatic N) is 1. The van der Waals surface area contributed by atoms with Crippen molar-refractivity contribution in [3.8, 4) is 23.0 Å². The molecule has 0 saturated carbocycles. The monoisotopic (exact) mass is 660 g/mol. The number of nitrogens with one attached hydrogen (secondary N) is 1. The number of anilines is 3. The molecule has 0 heterocycles. The number of methoxy groups -OCH3 is 3. The average Bonchev–Trinajstić information content (AvgIpc) is 3.10. The molecular formula is C38H36N4O7. The summed E-state index contributed by atoms with van der Waals surface area (Å²) < 4.78 is 20.2. The van der Waals surface area contributed by atoms with Crippen molar-refractivity contribution >= 4 is 67.4 Å². The SMILES string of the molecule is COc1cc2ccc(CO)cc2cc1N.COc1cc2ccc(OC=O)cc2cc1N.[C-]#[N+]c1ccc2cc(OC)c(NC(C)=O)cc2c1. The summed E-state index contributed by atoms with van der Waals surface area (Å²) in [4.78, 5) is 24.7. The molecule has 11 nitrogen and oxygen atoms in total. The number of rotatable bonds is 7. The van der Waals surface area contributed by atoms with Crippen LogP contribution in [0.5, 0.6) is 23.0 Å². The summed E-state index contributed by atoms with van der Waals surface area (Å²) in [6.45, 7) is 8.88. The third kappa shape index (κ3) is 8.85. The zero-order chi connectivity index (χ0) is 35.5. The Morgan fingerprint density at radius 3 is 1.80 bits per heavy atom. The molecule has 0 unspecified atom stereocenters. The Morgan fingerprint density at radius 1 is 0.735 bits per heavy atom. The molecule has 0 saturated heterocycles. The van der Waals surface area contributed by atoms with E-state index in [0.29, 0.717) is 52.2 Å². The first-order valence-corrected chi connectivity index (χ1v) is 14.8. The molecule has 0 atom stereocenters. The first-order chi connectivity index (χ1) is 23.6. The summed E-state index contributed by atoms with van der Waals surface area (Å²) in [7, 11) is 4.72. The molecular weight excluding hydrogens is 624 g/mol. The van der Waals surface area contributed by atoms with Gasteiger partial charge in [-0.2, -0.15) is 0 Å². The van der Waals surface area contributed by atoms with Crippen LogP contribution in [0.25, 0.3) is 37.2 Å². The summed E-state index contributed by atoms with van der Waals surface area (Å²) >= 11 is 0. The predicted octanol–water partition coefficient (Wildman–Crippen LogP) is 7.25. The maximum absolute atomic E-state index is 11.1. The highest BCUT2D eigenvalue weighted by Gasteiger charge is 2.08. The van der Waals surface area contributed by atoms with Crippen molar-refractivity contribution in [3.05, 3.63) is 108 Å². The number of carbonyl (C=O) groups excluding carboxylic acids is 2. The van der Waals surface area contributed by atoms with Gasteiger partial charge in [-0.1, -0.05) is 30.3 Å². The lowest BCUT2D eigenvalue weighted by Crippen LogP contribution is -2.07. The highest BCUT2D eigenvalue weighted by molar-refractivity contribution is 5.97. The number of hydrogen-bond donors (Lipinski definition) is 4. The molecule has 6 N–H and O–H groups in total. The molecule has 0 spiro atoms. The molecule has 6 aromatic carbocycles. The average molecular weight is 661 g/mol. The van der Waals surface area contributed by atoms with Crippen LogP contribution in [0.4, 0.5) is 22.7 Å². The Bertz CT molecular complexity index is 2180. The largest absolute Gasteiger partial charge is 0.495 e. The zero-order valence-electron chi connectivity index (χ0n) is 27.4. The Kier molecular flexibility index (Phi) is 11.8. The molecule has 0 aliphatic carbocycles. The maximum atomic E-state index is 11.1. The van der Waals surface area contributed by atoms with Gasteiger partial charge < -0.3 is 40.8 Å². The highest BCUT2D eigenvalue weighted by Crippen LogP contribution is 2.33. The van der Waals surface area contributed by atoms with Gasteiger partial charge in [-0.25, -0.2) is 4.85 Å². The Labute approximate surface area is 283 Å². The fraction of sp³-hybridized carbons (Fsp3) is 0.132. The van der Waals surface area contributed by atoms with E-state index in [2.05, 4.69) is 10.2 Å². The fourth-order valence-corrected chi connectivity index (χ4v) is 4.99. The van der Waals surface area contributed by atoms with Crippen molar-refractivity contribution in [2.75, 3.05) is 38.1 Å². The second kappa shape index (κ2) is 16.4. The van der Waals surface area contributed by atoms with Gasteiger partial charge in [0.1, 0.15) is 23.0 Å². The van der Waals surface area contributed by atoms with Crippen LogP contribution in [0.1, 0.15) is 12.5 Å². The van der Waals surface area contributed by atoms with E-state index in [-0.39, 0.29) is 12.5 Å². The topological polar surface area (TPSA) is 160 Å². The van der Waals surface area contributed by atoms with E-state index in [4.69, 9.17) is 42.1 Å². The molecule has 0 aliphatic rings. The molecule has 0 bridgehead atoms. The van der Waals surface area contributed by atoms with E-state index in [1.54, 1.807) is 51.7 Å². The van der Waals surface area contributed by atoms with E-state index in [9.17, 15) is 9.59 Å². The minimum Gasteiger partial charge on any atom is -0.495 e. The minimum absolute atomic E-state index is 0.0435. The number of ether oxygens (including phenoxy) is 4. The first kappa shape index (κ1) is 35.3. The number of nitrogens with two attached hydrogens (primary N) is 2. The molecule has 49 heavy (non-hydrogen) atoms. The van der Waals surface area contributed by atoms with Crippen LogP contribution in [-0.2, 0) is 16.2 Å². The number of benzene rings is 6. The smallest absolute Gasteiger partial charge is 0.298 e. The van der Waals surface area contributed by atoms with Gasteiger partial charge in [-0.3, -0.25) is 9.59 Å². The summed E-state index contributed by atoms with van der Waals surface area (Å²) in [6.07, 6.45) is 0. The molecule has 6 rings (SSSR count). The maximum Gasteiger partial charge on any atom is 0.298 e. The van der Waals surface area contributed by atoms with Gasteiger partial charge in [0.05, 0.1) is 51.6 Å². The summed E-state index contributed by atoms with van der Waals surface area (Å²) in [5.74, 6) is 2.25. The second-order valence-electron chi connectivity index (χ2n) is 10.6. The Morgan fingerprint density at radius 2 is 1.27 bits per heavy atom. The fourth-order valence-electron chi connectivity index (χ4n) is 4.99. The van der Waals surface area contributed by atoms with Crippen LogP contribution in [0.2, 0.25) is 0 Å². The molecule has 0 aromatic heterocycles. The number of hydrogen-bond acceptors (Lipinski definition) is 9. The lowest BCUT2D eigenvalue weighted by Gasteiger charge is -2.10. The van der Waals surface area contributed by atoms with Crippen LogP contribution in [0, 0.1) is 6.57 Å². The van der Waals surface area contributed by atoms with Crippen LogP contribution >= 0.6 is 0 Å². The number of amides is 1. The van der Waals surface area contributed by atoms with Gasteiger partial charge in [0.2, 0.25) is 5.91 Å². The third-order valence-corrected chi connectivity index (χ3v) is 7.36. The third-order valence-electron chi connectivity index (χ3n) is 7.36.